The Hall–Kier alpha value is -2.89. The van der Waals surface area contributed by atoms with E-state index in [-0.39, 0.29) is 24.6 Å². The summed E-state index contributed by atoms with van der Waals surface area (Å²) in [5, 5.41) is 16.4. The lowest BCUT2D eigenvalue weighted by Crippen LogP contribution is -2.60. The number of sulfone groups is 1. The number of likely N-dealkylation sites (tertiary alicyclic amines) is 1. The van der Waals surface area contributed by atoms with Crippen LogP contribution < -0.4 is 16.0 Å². The zero-order chi connectivity index (χ0) is 27.9. The van der Waals surface area contributed by atoms with Gasteiger partial charge in [0.2, 0.25) is 17.7 Å². The molecule has 15 heteroatoms. The molecule has 4 amide bonds. The molecule has 11 nitrogen and oxygen atoms in total. The minimum absolute atomic E-state index is 0.00733. The number of rotatable bonds is 6. The SMILES string of the molecule is CC(C)(C)[C@H](NC(=O)C(F)(F)F)C(=O)N1C[C@@H]2CS(=O)(=O)C[C@@H]2[C@H]1C(=O)N[C@H](C#N)C[C@@H]1CCNC1=O. The number of fused-ring (bicyclic) bond motifs is 1. The van der Waals surface area contributed by atoms with Crippen LogP contribution in [-0.4, -0.2) is 85.8 Å². The van der Waals surface area contributed by atoms with Crippen molar-refractivity contribution in [3.05, 3.63) is 0 Å². The Labute approximate surface area is 212 Å². The van der Waals surface area contributed by atoms with Crippen LogP contribution in [0.3, 0.4) is 0 Å². The van der Waals surface area contributed by atoms with Gasteiger partial charge in [-0.05, 0) is 24.2 Å². The first-order valence-corrected chi connectivity index (χ1v) is 13.6. The highest BCUT2D eigenvalue weighted by Gasteiger charge is 2.56. The van der Waals surface area contributed by atoms with Crippen LogP contribution in [-0.2, 0) is 29.0 Å². The molecule has 3 N–H and O–H groups in total. The van der Waals surface area contributed by atoms with Crippen LogP contribution in [0.25, 0.3) is 0 Å². The van der Waals surface area contributed by atoms with Crippen molar-refractivity contribution in [3.8, 4) is 6.07 Å². The van der Waals surface area contributed by atoms with Gasteiger partial charge in [-0.3, -0.25) is 19.2 Å². The summed E-state index contributed by atoms with van der Waals surface area (Å²) >= 11 is 0. The van der Waals surface area contributed by atoms with Gasteiger partial charge in [-0.2, -0.15) is 18.4 Å². The molecule has 0 unspecified atom stereocenters. The van der Waals surface area contributed by atoms with Crippen molar-refractivity contribution >= 4 is 33.5 Å². The van der Waals surface area contributed by atoms with E-state index in [1.807, 2.05) is 6.07 Å². The van der Waals surface area contributed by atoms with Gasteiger partial charge in [0.15, 0.2) is 9.84 Å². The molecule has 0 aromatic rings. The molecular formula is C22H30F3N5O6S. The molecule has 3 fully saturated rings. The van der Waals surface area contributed by atoms with E-state index in [1.165, 1.54) is 20.8 Å². The summed E-state index contributed by atoms with van der Waals surface area (Å²) in [5.41, 5.74) is -1.19. The normalized spacial score (nSPS) is 28.6. The van der Waals surface area contributed by atoms with Crippen LogP contribution in [0, 0.1) is 34.5 Å². The minimum atomic E-state index is -5.25. The Morgan fingerprint density at radius 1 is 1.19 bits per heavy atom. The summed E-state index contributed by atoms with van der Waals surface area (Å²) in [5.74, 6) is -7.05. The number of nitriles is 1. The van der Waals surface area contributed by atoms with E-state index >= 15 is 0 Å². The zero-order valence-corrected chi connectivity index (χ0v) is 21.4. The Balaban J connectivity index is 1.88. The van der Waals surface area contributed by atoms with Gasteiger partial charge in [0, 0.05) is 24.9 Å². The Morgan fingerprint density at radius 3 is 2.35 bits per heavy atom. The summed E-state index contributed by atoms with van der Waals surface area (Å²) in [6.45, 7) is 4.56. The fourth-order valence-corrected chi connectivity index (χ4v) is 7.41. The maximum absolute atomic E-state index is 13.5. The van der Waals surface area contributed by atoms with E-state index in [1.54, 1.807) is 5.32 Å². The van der Waals surface area contributed by atoms with Gasteiger partial charge in [-0.15, -0.1) is 0 Å². The molecule has 3 aliphatic heterocycles. The predicted molar refractivity (Wildman–Crippen MR) is 122 cm³/mol. The third-order valence-corrected chi connectivity index (χ3v) is 8.87. The average Bonchev–Trinajstić information content (AvgIpc) is 3.40. The molecule has 0 spiro atoms. The lowest BCUT2D eigenvalue weighted by Gasteiger charge is -2.36. The summed E-state index contributed by atoms with van der Waals surface area (Å²) in [4.78, 5) is 51.5. The molecule has 0 aromatic heterocycles. The third-order valence-electron chi connectivity index (χ3n) is 7.05. The second-order valence-electron chi connectivity index (χ2n) is 10.9. The number of hydrogen-bond acceptors (Lipinski definition) is 7. The molecule has 3 rings (SSSR count). The van der Waals surface area contributed by atoms with Crippen LogP contribution >= 0.6 is 0 Å². The molecule has 3 heterocycles. The van der Waals surface area contributed by atoms with Gasteiger partial charge in [-0.1, -0.05) is 20.8 Å². The summed E-state index contributed by atoms with van der Waals surface area (Å²) < 4.78 is 63.4. The third kappa shape index (κ3) is 6.34. The maximum atomic E-state index is 13.5. The number of hydrogen-bond donors (Lipinski definition) is 3. The summed E-state index contributed by atoms with van der Waals surface area (Å²) in [7, 11) is -3.52. The highest BCUT2D eigenvalue weighted by Crippen LogP contribution is 2.39. The molecule has 0 bridgehead atoms. The van der Waals surface area contributed by atoms with Gasteiger partial charge in [0.1, 0.15) is 18.1 Å². The number of carbonyl (C=O) groups excluding carboxylic acids is 4. The van der Waals surface area contributed by atoms with E-state index < -0.39 is 80.8 Å². The van der Waals surface area contributed by atoms with Crippen LogP contribution in [0.2, 0.25) is 0 Å². The molecule has 3 saturated heterocycles. The first-order valence-electron chi connectivity index (χ1n) is 11.8. The standard InChI is InChI=1S/C22H30F3N5O6S/c1-21(2,3)16(29-20(34)22(23,24)25)19(33)30-8-12-9-37(35,36)10-14(12)15(30)18(32)28-13(7-26)6-11-4-5-27-17(11)31/h11-16H,4-6,8-10H2,1-3H3,(H,27,31)(H,28,32)(H,29,34)/t11-,12+,13-,14-,15-,16+/m0/s1. The highest BCUT2D eigenvalue weighted by molar-refractivity contribution is 7.91. The Kier molecular flexibility index (Phi) is 7.84. The van der Waals surface area contributed by atoms with E-state index in [4.69, 9.17) is 0 Å². The topological polar surface area (TPSA) is 166 Å². The van der Waals surface area contributed by atoms with Crippen molar-refractivity contribution in [1.82, 2.24) is 20.9 Å². The second kappa shape index (κ2) is 10.1. The predicted octanol–water partition coefficient (Wildman–Crippen LogP) is -0.514. The molecule has 6 atom stereocenters. The summed E-state index contributed by atoms with van der Waals surface area (Å²) in [6, 6.07) is -2.26. The largest absolute Gasteiger partial charge is 0.471 e. The van der Waals surface area contributed by atoms with Crippen molar-refractivity contribution < 1.29 is 40.8 Å². The number of nitrogens with zero attached hydrogens (tertiary/aromatic N) is 2. The smallest absolute Gasteiger partial charge is 0.356 e. The number of halogens is 3. The fraction of sp³-hybridized carbons (Fsp3) is 0.773. The molecule has 0 radical (unpaired) electrons. The van der Waals surface area contributed by atoms with Crippen molar-refractivity contribution in [2.24, 2.45) is 23.2 Å². The van der Waals surface area contributed by atoms with Crippen LogP contribution in [0.1, 0.15) is 33.6 Å². The molecule has 0 aliphatic carbocycles. The number of alkyl halides is 3. The van der Waals surface area contributed by atoms with Crippen LogP contribution in [0.5, 0.6) is 0 Å². The van der Waals surface area contributed by atoms with Crippen molar-refractivity contribution in [2.75, 3.05) is 24.6 Å². The molecule has 206 valence electrons. The van der Waals surface area contributed by atoms with Crippen molar-refractivity contribution in [1.29, 1.82) is 5.26 Å². The monoisotopic (exact) mass is 549 g/mol. The average molecular weight is 550 g/mol. The lowest BCUT2D eigenvalue weighted by atomic mass is 9.85. The molecule has 0 aromatic carbocycles. The van der Waals surface area contributed by atoms with E-state index in [2.05, 4.69) is 10.6 Å². The summed E-state index contributed by atoms with van der Waals surface area (Å²) in [6.07, 6.45) is -4.77. The highest BCUT2D eigenvalue weighted by atomic mass is 32.2. The van der Waals surface area contributed by atoms with Gasteiger partial charge in [0.25, 0.3) is 0 Å². The van der Waals surface area contributed by atoms with E-state index in [9.17, 15) is 46.0 Å². The number of carbonyl (C=O) groups is 4. The van der Waals surface area contributed by atoms with Crippen LogP contribution in [0.15, 0.2) is 0 Å². The minimum Gasteiger partial charge on any atom is -0.356 e. The molecule has 3 aliphatic rings. The zero-order valence-electron chi connectivity index (χ0n) is 20.6. The van der Waals surface area contributed by atoms with Gasteiger partial charge < -0.3 is 20.9 Å². The van der Waals surface area contributed by atoms with Crippen molar-refractivity contribution in [2.45, 2.75) is 57.9 Å². The first kappa shape index (κ1) is 28.7. The van der Waals surface area contributed by atoms with Gasteiger partial charge in [0.05, 0.1) is 17.6 Å². The number of nitrogens with one attached hydrogen (secondary N) is 3. The molecule has 0 saturated carbocycles. The maximum Gasteiger partial charge on any atom is 0.471 e. The van der Waals surface area contributed by atoms with Gasteiger partial charge >= 0.3 is 12.1 Å². The molecular weight excluding hydrogens is 519 g/mol. The Morgan fingerprint density at radius 2 is 1.84 bits per heavy atom. The van der Waals surface area contributed by atoms with Crippen molar-refractivity contribution in [3.63, 3.8) is 0 Å². The first-order chi connectivity index (χ1) is 16.9. The van der Waals surface area contributed by atoms with E-state index in [0.717, 1.165) is 4.90 Å². The number of amides is 4. The van der Waals surface area contributed by atoms with Crippen LogP contribution in [0.4, 0.5) is 13.2 Å². The van der Waals surface area contributed by atoms with E-state index in [0.29, 0.717) is 13.0 Å². The quantitative estimate of drug-likeness (QED) is 0.401. The second-order valence-corrected chi connectivity index (χ2v) is 13.1. The lowest BCUT2D eigenvalue weighted by molar-refractivity contribution is -0.176. The Bertz CT molecular complexity index is 1110. The van der Waals surface area contributed by atoms with Gasteiger partial charge in [-0.25, -0.2) is 8.42 Å². The molecule has 37 heavy (non-hydrogen) atoms. The fourth-order valence-electron chi connectivity index (χ4n) is 5.23.